The van der Waals surface area contributed by atoms with Gasteiger partial charge in [-0.25, -0.2) is 10.8 Å². The van der Waals surface area contributed by atoms with Gasteiger partial charge in [0.25, 0.3) is 0 Å². The van der Waals surface area contributed by atoms with E-state index < -0.39 is 0 Å². The van der Waals surface area contributed by atoms with Crippen LogP contribution in [-0.2, 0) is 6.42 Å². The van der Waals surface area contributed by atoms with Crippen molar-refractivity contribution in [2.75, 3.05) is 17.3 Å². The smallest absolute Gasteiger partial charge is 0.224 e. The van der Waals surface area contributed by atoms with Crippen LogP contribution in [0.4, 0.5) is 11.8 Å². The zero-order valence-electron chi connectivity index (χ0n) is 11.2. The van der Waals surface area contributed by atoms with Crippen LogP contribution in [0.15, 0.2) is 0 Å². The van der Waals surface area contributed by atoms with Gasteiger partial charge in [-0.05, 0) is 25.7 Å². The summed E-state index contributed by atoms with van der Waals surface area (Å²) in [6.45, 7) is 9.32. The Balaban J connectivity index is 2.77. The monoisotopic (exact) mass is 237 g/mol. The topological polar surface area (TPSA) is 75.9 Å². The van der Waals surface area contributed by atoms with E-state index in [0.717, 1.165) is 30.6 Å². The van der Waals surface area contributed by atoms with Crippen LogP contribution in [0.3, 0.4) is 0 Å². The van der Waals surface area contributed by atoms with Gasteiger partial charge < -0.3 is 10.7 Å². The molecule has 0 spiro atoms. The van der Waals surface area contributed by atoms with Gasteiger partial charge in [0.2, 0.25) is 5.95 Å². The summed E-state index contributed by atoms with van der Waals surface area (Å²) in [7, 11) is 0. The Kier molecular flexibility index (Phi) is 5.15. The van der Waals surface area contributed by atoms with Gasteiger partial charge in [0.05, 0.1) is 0 Å². The van der Waals surface area contributed by atoms with E-state index in [1.54, 1.807) is 0 Å². The Bertz CT molecular complexity index is 362. The first-order valence-electron chi connectivity index (χ1n) is 6.16. The number of anilines is 2. The number of hydrogen-bond donors (Lipinski definition) is 3. The van der Waals surface area contributed by atoms with E-state index in [1.807, 2.05) is 6.92 Å². The first kappa shape index (κ1) is 13.7. The van der Waals surface area contributed by atoms with E-state index in [0.29, 0.717) is 17.7 Å². The summed E-state index contributed by atoms with van der Waals surface area (Å²) >= 11 is 0. The predicted octanol–water partition coefficient (Wildman–Crippen LogP) is 2.09. The Morgan fingerprint density at radius 2 is 2.00 bits per heavy atom. The Labute approximate surface area is 103 Å². The van der Waals surface area contributed by atoms with E-state index >= 15 is 0 Å². The van der Waals surface area contributed by atoms with Crippen LogP contribution in [0.1, 0.15) is 38.4 Å². The third kappa shape index (κ3) is 3.85. The van der Waals surface area contributed by atoms with Crippen molar-refractivity contribution in [3.05, 3.63) is 11.3 Å². The molecule has 0 unspecified atom stereocenters. The van der Waals surface area contributed by atoms with Crippen molar-refractivity contribution in [3.63, 3.8) is 0 Å². The maximum atomic E-state index is 5.47. The molecule has 0 saturated heterocycles. The molecular weight excluding hydrogens is 214 g/mol. The average molecular weight is 237 g/mol. The lowest BCUT2D eigenvalue weighted by atomic mass is 10.1. The fourth-order valence-corrected chi connectivity index (χ4v) is 1.69. The number of nitrogens with one attached hydrogen (secondary N) is 2. The molecule has 96 valence electrons. The summed E-state index contributed by atoms with van der Waals surface area (Å²) in [6.07, 6.45) is 1.97. The van der Waals surface area contributed by atoms with Crippen LogP contribution >= 0.6 is 0 Å². The lowest BCUT2D eigenvalue weighted by Crippen LogP contribution is -2.16. The van der Waals surface area contributed by atoms with Crippen molar-refractivity contribution in [2.24, 2.45) is 11.8 Å². The van der Waals surface area contributed by atoms with Gasteiger partial charge in [-0.2, -0.15) is 4.98 Å². The van der Waals surface area contributed by atoms with Gasteiger partial charge in [-0.3, -0.25) is 0 Å². The molecule has 0 aliphatic rings. The maximum absolute atomic E-state index is 5.47. The summed E-state index contributed by atoms with van der Waals surface area (Å²) in [5.41, 5.74) is 4.68. The third-order valence-corrected chi connectivity index (χ3v) is 2.71. The molecule has 4 N–H and O–H groups in total. The van der Waals surface area contributed by atoms with Gasteiger partial charge in [-0.15, -0.1) is 0 Å². The molecule has 0 saturated carbocycles. The molecule has 0 radical (unpaired) electrons. The SMILES string of the molecule is CCc1c(C)nc(NCCC(C)C)nc1NN. The van der Waals surface area contributed by atoms with Gasteiger partial charge in [-0.1, -0.05) is 20.8 Å². The number of aryl methyl sites for hydroxylation is 1. The molecular formula is C12H23N5. The number of rotatable bonds is 6. The highest BCUT2D eigenvalue weighted by Gasteiger charge is 2.08. The number of aromatic nitrogens is 2. The minimum Gasteiger partial charge on any atom is -0.354 e. The highest BCUT2D eigenvalue weighted by atomic mass is 15.3. The zero-order valence-corrected chi connectivity index (χ0v) is 11.2. The molecule has 5 heteroatoms. The van der Waals surface area contributed by atoms with Gasteiger partial charge >= 0.3 is 0 Å². The molecule has 0 aromatic carbocycles. The van der Waals surface area contributed by atoms with Crippen molar-refractivity contribution >= 4 is 11.8 Å². The number of nitrogen functional groups attached to an aromatic ring is 1. The molecule has 5 nitrogen and oxygen atoms in total. The fraction of sp³-hybridized carbons (Fsp3) is 0.667. The van der Waals surface area contributed by atoms with E-state index in [2.05, 4.69) is 41.5 Å². The maximum Gasteiger partial charge on any atom is 0.224 e. The number of hydrazine groups is 1. The summed E-state index contributed by atoms with van der Waals surface area (Å²) in [4.78, 5) is 8.79. The number of nitrogens with two attached hydrogens (primary N) is 1. The molecule has 0 bridgehead atoms. The molecule has 1 rings (SSSR count). The number of hydrogen-bond acceptors (Lipinski definition) is 5. The summed E-state index contributed by atoms with van der Waals surface area (Å²) in [6, 6.07) is 0. The van der Waals surface area contributed by atoms with Crippen LogP contribution < -0.4 is 16.6 Å². The van der Waals surface area contributed by atoms with Gasteiger partial charge in [0.1, 0.15) is 5.82 Å². The lowest BCUT2D eigenvalue weighted by molar-refractivity contribution is 0.606. The van der Waals surface area contributed by atoms with Crippen molar-refractivity contribution in [3.8, 4) is 0 Å². The molecule has 0 aliphatic carbocycles. The van der Waals surface area contributed by atoms with Crippen molar-refractivity contribution < 1.29 is 0 Å². The van der Waals surface area contributed by atoms with E-state index in [1.165, 1.54) is 0 Å². The Hall–Kier alpha value is -1.36. The molecule has 17 heavy (non-hydrogen) atoms. The van der Waals surface area contributed by atoms with Crippen LogP contribution in [0.25, 0.3) is 0 Å². The Morgan fingerprint density at radius 1 is 1.29 bits per heavy atom. The van der Waals surface area contributed by atoms with Crippen molar-refractivity contribution in [2.45, 2.75) is 40.5 Å². The molecule has 1 heterocycles. The van der Waals surface area contributed by atoms with Gasteiger partial charge in [0.15, 0.2) is 0 Å². The summed E-state index contributed by atoms with van der Waals surface area (Å²) in [5, 5.41) is 3.23. The first-order chi connectivity index (χ1) is 8.08. The molecule has 0 atom stereocenters. The van der Waals surface area contributed by atoms with Crippen molar-refractivity contribution in [1.29, 1.82) is 0 Å². The average Bonchev–Trinajstić information content (AvgIpc) is 2.27. The van der Waals surface area contributed by atoms with Crippen molar-refractivity contribution in [1.82, 2.24) is 9.97 Å². The van der Waals surface area contributed by atoms with Crippen LogP contribution in [0, 0.1) is 12.8 Å². The van der Waals surface area contributed by atoms with E-state index in [-0.39, 0.29) is 0 Å². The highest BCUT2D eigenvalue weighted by molar-refractivity contribution is 5.49. The molecule has 1 aromatic heterocycles. The summed E-state index contributed by atoms with van der Waals surface area (Å²) < 4.78 is 0. The summed E-state index contributed by atoms with van der Waals surface area (Å²) in [5.74, 6) is 7.51. The van der Waals surface area contributed by atoms with E-state index in [9.17, 15) is 0 Å². The second-order valence-corrected chi connectivity index (χ2v) is 4.57. The fourth-order valence-electron chi connectivity index (χ4n) is 1.69. The minimum absolute atomic E-state index is 0.647. The highest BCUT2D eigenvalue weighted by Crippen LogP contribution is 2.17. The van der Waals surface area contributed by atoms with Crippen LogP contribution in [-0.4, -0.2) is 16.5 Å². The molecule has 1 aromatic rings. The van der Waals surface area contributed by atoms with E-state index in [4.69, 9.17) is 5.84 Å². The molecule has 0 fully saturated rings. The standard InChI is InChI=1S/C12H23N5/c1-5-10-9(4)15-12(16-11(10)17-13)14-7-6-8(2)3/h8H,5-7,13H2,1-4H3,(H2,14,15,16,17). The molecule has 0 amide bonds. The largest absolute Gasteiger partial charge is 0.354 e. The van der Waals surface area contributed by atoms with Gasteiger partial charge in [0, 0.05) is 17.8 Å². The minimum atomic E-state index is 0.647. The zero-order chi connectivity index (χ0) is 12.8. The third-order valence-electron chi connectivity index (χ3n) is 2.71. The van der Waals surface area contributed by atoms with Crippen LogP contribution in [0.5, 0.6) is 0 Å². The predicted molar refractivity (Wildman–Crippen MR) is 71.9 cm³/mol. The molecule has 0 aliphatic heterocycles. The lowest BCUT2D eigenvalue weighted by Gasteiger charge is -2.12. The first-order valence-corrected chi connectivity index (χ1v) is 6.16. The second-order valence-electron chi connectivity index (χ2n) is 4.57. The van der Waals surface area contributed by atoms with Crippen LogP contribution in [0.2, 0.25) is 0 Å². The normalized spacial score (nSPS) is 10.7. The second kappa shape index (κ2) is 6.39. The number of nitrogens with zero attached hydrogens (tertiary/aromatic N) is 2. The Morgan fingerprint density at radius 3 is 2.53 bits per heavy atom. The quantitative estimate of drug-likeness (QED) is 0.522.